The summed E-state index contributed by atoms with van der Waals surface area (Å²) in [6.45, 7) is 6.79. The quantitative estimate of drug-likeness (QED) is 0.231. The summed E-state index contributed by atoms with van der Waals surface area (Å²) in [6.07, 6.45) is 3.80. The fourth-order valence-corrected chi connectivity index (χ4v) is 5.20. The Kier molecular flexibility index (Phi) is 9.24. The monoisotopic (exact) mass is 553 g/mol. The number of likely N-dealkylation sites (tertiary alicyclic amines) is 1. The molecule has 7 heteroatoms. The number of carbonyl (C=O) groups excluding carboxylic acids is 1. The van der Waals surface area contributed by atoms with Gasteiger partial charge in [0.05, 0.1) is 13.2 Å². The van der Waals surface area contributed by atoms with Gasteiger partial charge in [0.15, 0.2) is 0 Å². The van der Waals surface area contributed by atoms with Crippen LogP contribution in [0, 0.1) is 5.92 Å². The van der Waals surface area contributed by atoms with E-state index in [0.29, 0.717) is 51.4 Å². The lowest BCUT2D eigenvalue weighted by Gasteiger charge is -2.31. The molecule has 214 valence electrons. The van der Waals surface area contributed by atoms with Crippen molar-refractivity contribution in [1.29, 1.82) is 0 Å². The number of nitrogens with zero attached hydrogens (tertiary/aromatic N) is 3. The van der Waals surface area contributed by atoms with Crippen LogP contribution in [0.25, 0.3) is 0 Å². The van der Waals surface area contributed by atoms with Gasteiger partial charge in [0.2, 0.25) is 0 Å². The summed E-state index contributed by atoms with van der Waals surface area (Å²) >= 11 is 0. The van der Waals surface area contributed by atoms with Crippen LogP contribution < -0.4 is 10.4 Å². The Labute approximate surface area is 241 Å². The molecule has 5 rings (SSSR count). The zero-order chi connectivity index (χ0) is 28.6. The van der Waals surface area contributed by atoms with Crippen molar-refractivity contribution >= 4 is 6.09 Å². The maximum atomic E-state index is 13.8. The van der Waals surface area contributed by atoms with E-state index >= 15 is 0 Å². The summed E-state index contributed by atoms with van der Waals surface area (Å²) in [5, 5.41) is 0. The topological polar surface area (TPSA) is 65.7 Å². The van der Waals surface area contributed by atoms with Crippen molar-refractivity contribution < 1.29 is 14.3 Å². The SMILES string of the molecule is CC(C)COc1ccc(Cn2c(Cc3ccccc3)cn(C3CCN(C(=O)OCc4ccccc4)CC3)c2=O)cc1. The van der Waals surface area contributed by atoms with Gasteiger partial charge >= 0.3 is 11.8 Å². The Hall–Kier alpha value is -4.26. The molecule has 2 heterocycles. The molecule has 0 unspecified atom stereocenters. The van der Waals surface area contributed by atoms with Crippen LogP contribution in [-0.2, 0) is 24.3 Å². The summed E-state index contributed by atoms with van der Waals surface area (Å²) in [4.78, 5) is 28.2. The Morgan fingerprint density at radius 1 is 0.854 bits per heavy atom. The summed E-state index contributed by atoms with van der Waals surface area (Å²) < 4.78 is 15.1. The van der Waals surface area contributed by atoms with E-state index < -0.39 is 0 Å². The molecule has 0 aliphatic carbocycles. The smallest absolute Gasteiger partial charge is 0.410 e. The van der Waals surface area contributed by atoms with Gasteiger partial charge in [-0.15, -0.1) is 0 Å². The first-order valence-corrected chi connectivity index (χ1v) is 14.5. The number of imidazole rings is 1. The van der Waals surface area contributed by atoms with Gasteiger partial charge < -0.3 is 14.4 Å². The highest BCUT2D eigenvalue weighted by Crippen LogP contribution is 2.24. The van der Waals surface area contributed by atoms with Gasteiger partial charge in [-0.1, -0.05) is 86.6 Å². The molecule has 1 amide bonds. The minimum atomic E-state index is -0.303. The zero-order valence-corrected chi connectivity index (χ0v) is 23.9. The number of hydrogen-bond acceptors (Lipinski definition) is 4. The highest BCUT2D eigenvalue weighted by molar-refractivity contribution is 5.67. The van der Waals surface area contributed by atoms with E-state index in [1.165, 1.54) is 0 Å². The molecule has 0 saturated carbocycles. The zero-order valence-electron chi connectivity index (χ0n) is 23.9. The van der Waals surface area contributed by atoms with E-state index in [2.05, 4.69) is 26.0 Å². The summed E-state index contributed by atoms with van der Waals surface area (Å²) in [7, 11) is 0. The number of carbonyl (C=O) groups is 1. The van der Waals surface area contributed by atoms with E-state index in [0.717, 1.165) is 28.1 Å². The molecular weight excluding hydrogens is 514 g/mol. The molecule has 7 nitrogen and oxygen atoms in total. The maximum absolute atomic E-state index is 13.8. The molecule has 3 aromatic carbocycles. The molecule has 0 atom stereocenters. The van der Waals surface area contributed by atoms with Gasteiger partial charge in [-0.2, -0.15) is 0 Å². The molecule has 0 bridgehead atoms. The van der Waals surface area contributed by atoms with Crippen LogP contribution in [-0.4, -0.2) is 39.8 Å². The first-order chi connectivity index (χ1) is 20.0. The molecule has 1 saturated heterocycles. The van der Waals surface area contributed by atoms with Crippen LogP contribution >= 0.6 is 0 Å². The van der Waals surface area contributed by atoms with Crippen LogP contribution in [0.5, 0.6) is 5.75 Å². The summed E-state index contributed by atoms with van der Waals surface area (Å²) in [6, 6.07) is 28.0. The van der Waals surface area contributed by atoms with Crippen molar-refractivity contribution in [1.82, 2.24) is 14.0 Å². The largest absolute Gasteiger partial charge is 0.493 e. The van der Waals surface area contributed by atoms with Gasteiger partial charge in [-0.3, -0.25) is 9.13 Å². The Bertz CT molecular complexity index is 1450. The van der Waals surface area contributed by atoms with Crippen molar-refractivity contribution in [3.63, 3.8) is 0 Å². The molecule has 0 N–H and O–H groups in total. The predicted molar refractivity (Wildman–Crippen MR) is 160 cm³/mol. The minimum absolute atomic E-state index is 0.0128. The van der Waals surface area contributed by atoms with Crippen LogP contribution in [0.15, 0.2) is 95.9 Å². The second kappa shape index (κ2) is 13.4. The number of amides is 1. The predicted octanol–water partition coefficient (Wildman–Crippen LogP) is 6.30. The van der Waals surface area contributed by atoms with Crippen LogP contribution in [0.4, 0.5) is 4.79 Å². The van der Waals surface area contributed by atoms with Gasteiger partial charge in [-0.05, 0) is 47.6 Å². The fourth-order valence-electron chi connectivity index (χ4n) is 5.20. The van der Waals surface area contributed by atoms with E-state index in [1.807, 2.05) is 88.1 Å². The molecule has 41 heavy (non-hydrogen) atoms. The third-order valence-electron chi connectivity index (χ3n) is 7.48. The highest BCUT2D eigenvalue weighted by atomic mass is 16.6. The molecule has 0 radical (unpaired) electrons. The van der Waals surface area contributed by atoms with Gasteiger partial charge in [-0.25, -0.2) is 9.59 Å². The minimum Gasteiger partial charge on any atom is -0.493 e. The van der Waals surface area contributed by atoms with Gasteiger partial charge in [0.25, 0.3) is 0 Å². The first kappa shape index (κ1) is 28.3. The number of piperidine rings is 1. The summed E-state index contributed by atoms with van der Waals surface area (Å²) in [5.41, 5.74) is 4.14. The fraction of sp³-hybridized carbons (Fsp3) is 0.353. The van der Waals surface area contributed by atoms with E-state index in [9.17, 15) is 9.59 Å². The lowest BCUT2D eigenvalue weighted by atomic mass is 10.1. The van der Waals surface area contributed by atoms with Gasteiger partial charge in [0.1, 0.15) is 12.4 Å². The van der Waals surface area contributed by atoms with Gasteiger partial charge in [0, 0.05) is 37.4 Å². The first-order valence-electron chi connectivity index (χ1n) is 14.5. The second-order valence-corrected chi connectivity index (χ2v) is 11.2. The molecule has 4 aromatic rings. The highest BCUT2D eigenvalue weighted by Gasteiger charge is 2.27. The Morgan fingerprint density at radius 2 is 1.49 bits per heavy atom. The van der Waals surface area contributed by atoms with Crippen molar-refractivity contribution in [2.75, 3.05) is 19.7 Å². The second-order valence-electron chi connectivity index (χ2n) is 11.2. The number of ether oxygens (including phenoxy) is 2. The summed E-state index contributed by atoms with van der Waals surface area (Å²) in [5.74, 6) is 1.30. The molecule has 1 aliphatic heterocycles. The molecule has 1 aliphatic rings. The average Bonchev–Trinajstić information content (AvgIpc) is 3.30. The number of aromatic nitrogens is 2. The van der Waals surface area contributed by atoms with E-state index in [4.69, 9.17) is 9.47 Å². The number of benzene rings is 3. The normalized spacial score (nSPS) is 13.9. The third kappa shape index (κ3) is 7.48. The molecular formula is C34H39N3O4. The van der Waals surface area contributed by atoms with Crippen molar-refractivity contribution in [2.24, 2.45) is 5.92 Å². The maximum Gasteiger partial charge on any atom is 0.410 e. The van der Waals surface area contributed by atoms with Crippen molar-refractivity contribution in [2.45, 2.75) is 52.3 Å². The Morgan fingerprint density at radius 3 is 2.12 bits per heavy atom. The lowest BCUT2D eigenvalue weighted by Crippen LogP contribution is -2.41. The molecule has 1 fully saturated rings. The van der Waals surface area contributed by atoms with Crippen LogP contribution in [0.1, 0.15) is 55.1 Å². The lowest BCUT2D eigenvalue weighted by molar-refractivity contribution is 0.0828. The standard InChI is InChI=1S/C34H39N3O4/c1-26(2)24-40-32-15-13-28(14-16-32)22-36-31(21-27-9-5-3-6-10-27)23-37(33(36)38)30-17-19-35(20-18-30)34(39)41-25-29-11-7-4-8-12-29/h3-16,23,26,30H,17-22,24-25H2,1-2H3. The van der Waals surface area contributed by atoms with Crippen molar-refractivity contribution in [3.8, 4) is 5.75 Å². The van der Waals surface area contributed by atoms with Crippen molar-refractivity contribution in [3.05, 3.63) is 124 Å². The van der Waals surface area contributed by atoms with Crippen LogP contribution in [0.2, 0.25) is 0 Å². The Balaban J connectivity index is 1.28. The third-order valence-corrected chi connectivity index (χ3v) is 7.48. The molecule has 0 spiro atoms. The number of hydrogen-bond donors (Lipinski definition) is 0. The molecule has 1 aromatic heterocycles. The number of rotatable bonds is 10. The van der Waals surface area contributed by atoms with E-state index in [-0.39, 0.29) is 24.4 Å². The van der Waals surface area contributed by atoms with Crippen LogP contribution in [0.3, 0.4) is 0 Å². The van der Waals surface area contributed by atoms with E-state index in [1.54, 1.807) is 4.90 Å². The average molecular weight is 554 g/mol.